The summed E-state index contributed by atoms with van der Waals surface area (Å²) in [7, 11) is 3.37. The van der Waals surface area contributed by atoms with Gasteiger partial charge in [-0.05, 0) is 24.6 Å². The monoisotopic (exact) mass is 436 g/mol. The van der Waals surface area contributed by atoms with E-state index in [9.17, 15) is 4.79 Å². The first-order valence-corrected chi connectivity index (χ1v) is 7.01. The predicted molar refractivity (Wildman–Crippen MR) is 101 cm³/mol. The van der Waals surface area contributed by atoms with E-state index in [0.717, 1.165) is 5.56 Å². The van der Waals surface area contributed by atoms with Crippen LogP contribution in [0.1, 0.15) is 12.5 Å². The topological polar surface area (TPSA) is 98.0 Å². The standard InChI is InChI=1S/C15H24N4O3.HI/c1-11(9-21-3)19-15(17-2)18-8-12-5-4-6-13(7-12)22-10-14(16)20;/h4-7,11H,8-10H2,1-3H3,(H2,16,20)(H2,17,18,19);1H. The van der Waals surface area contributed by atoms with Crippen LogP contribution in [0.2, 0.25) is 0 Å². The van der Waals surface area contributed by atoms with E-state index in [1.54, 1.807) is 20.2 Å². The van der Waals surface area contributed by atoms with Gasteiger partial charge in [0.1, 0.15) is 5.75 Å². The Balaban J connectivity index is 0.00000484. The number of nitrogens with two attached hydrogens (primary N) is 1. The highest BCUT2D eigenvalue weighted by Crippen LogP contribution is 2.12. The van der Waals surface area contributed by atoms with Gasteiger partial charge in [0, 0.05) is 26.7 Å². The van der Waals surface area contributed by atoms with Crippen molar-refractivity contribution in [3.8, 4) is 5.75 Å². The summed E-state index contributed by atoms with van der Waals surface area (Å²) in [6.45, 7) is 3.05. The molecule has 1 rings (SSSR count). The zero-order chi connectivity index (χ0) is 16.4. The lowest BCUT2D eigenvalue weighted by atomic mass is 10.2. The Bertz CT molecular complexity index is 511. The third-order valence-corrected chi connectivity index (χ3v) is 2.76. The summed E-state index contributed by atoms with van der Waals surface area (Å²) in [4.78, 5) is 14.9. The number of hydrogen-bond acceptors (Lipinski definition) is 4. The molecule has 0 spiro atoms. The highest BCUT2D eigenvalue weighted by Gasteiger charge is 2.05. The van der Waals surface area contributed by atoms with Crippen molar-refractivity contribution < 1.29 is 14.3 Å². The second-order valence-corrected chi connectivity index (χ2v) is 4.83. The minimum absolute atomic E-state index is 0. The summed E-state index contributed by atoms with van der Waals surface area (Å²) in [5, 5.41) is 6.42. The number of primary amides is 1. The van der Waals surface area contributed by atoms with Gasteiger partial charge in [-0.2, -0.15) is 0 Å². The maximum atomic E-state index is 10.7. The van der Waals surface area contributed by atoms with Crippen LogP contribution in [0.4, 0.5) is 0 Å². The summed E-state index contributed by atoms with van der Waals surface area (Å²) >= 11 is 0. The normalized spacial score (nSPS) is 12.0. The second-order valence-electron chi connectivity index (χ2n) is 4.83. The van der Waals surface area contributed by atoms with E-state index in [0.29, 0.717) is 24.9 Å². The number of aliphatic imine (C=N–C) groups is 1. The van der Waals surface area contributed by atoms with Crippen LogP contribution in [0.3, 0.4) is 0 Å². The van der Waals surface area contributed by atoms with Gasteiger partial charge >= 0.3 is 0 Å². The number of hydrogen-bond donors (Lipinski definition) is 3. The number of nitrogens with one attached hydrogen (secondary N) is 2. The summed E-state index contributed by atoms with van der Waals surface area (Å²) in [6.07, 6.45) is 0. The molecule has 1 amide bonds. The first kappa shape index (κ1) is 21.4. The molecule has 0 aliphatic rings. The minimum atomic E-state index is -0.500. The highest BCUT2D eigenvalue weighted by molar-refractivity contribution is 14.0. The molecule has 7 nitrogen and oxygen atoms in total. The van der Waals surface area contributed by atoms with Gasteiger partial charge < -0.3 is 25.8 Å². The van der Waals surface area contributed by atoms with Gasteiger partial charge in [-0.1, -0.05) is 12.1 Å². The summed E-state index contributed by atoms with van der Waals surface area (Å²) in [5.74, 6) is 0.794. The Morgan fingerprint density at radius 2 is 2.17 bits per heavy atom. The van der Waals surface area contributed by atoms with Crippen molar-refractivity contribution >= 4 is 35.8 Å². The Morgan fingerprint density at radius 3 is 2.78 bits per heavy atom. The average Bonchev–Trinajstić information content (AvgIpc) is 2.50. The predicted octanol–water partition coefficient (Wildman–Crippen LogP) is 0.869. The van der Waals surface area contributed by atoms with E-state index in [1.165, 1.54) is 0 Å². The SMILES string of the molecule is CN=C(NCc1cccc(OCC(N)=O)c1)NC(C)COC.I. The van der Waals surface area contributed by atoms with Crippen LogP contribution in [0.25, 0.3) is 0 Å². The minimum Gasteiger partial charge on any atom is -0.484 e. The average molecular weight is 436 g/mol. The van der Waals surface area contributed by atoms with Gasteiger partial charge in [-0.3, -0.25) is 9.79 Å². The number of methoxy groups -OCH3 is 1. The Kier molecular flexibility index (Phi) is 11.1. The third kappa shape index (κ3) is 9.24. The van der Waals surface area contributed by atoms with Crippen LogP contribution in [-0.2, 0) is 16.1 Å². The lowest BCUT2D eigenvalue weighted by Crippen LogP contribution is -2.43. The lowest BCUT2D eigenvalue weighted by molar-refractivity contribution is -0.119. The van der Waals surface area contributed by atoms with Gasteiger partial charge in [-0.25, -0.2) is 0 Å². The molecule has 0 radical (unpaired) electrons. The van der Waals surface area contributed by atoms with Crippen LogP contribution in [0.15, 0.2) is 29.3 Å². The summed E-state index contributed by atoms with van der Waals surface area (Å²) in [6, 6.07) is 7.59. The quantitative estimate of drug-likeness (QED) is 0.319. The molecular weight excluding hydrogens is 411 g/mol. The number of nitrogens with zero attached hydrogens (tertiary/aromatic N) is 1. The van der Waals surface area contributed by atoms with Crippen LogP contribution < -0.4 is 21.1 Å². The van der Waals surface area contributed by atoms with Gasteiger partial charge in [0.05, 0.1) is 6.61 Å². The highest BCUT2D eigenvalue weighted by atomic mass is 127. The molecule has 0 bridgehead atoms. The molecule has 0 saturated carbocycles. The molecule has 4 N–H and O–H groups in total. The number of guanidine groups is 1. The zero-order valence-corrected chi connectivity index (χ0v) is 16.0. The van der Waals surface area contributed by atoms with Crippen molar-refractivity contribution in [2.24, 2.45) is 10.7 Å². The Morgan fingerprint density at radius 1 is 1.43 bits per heavy atom. The number of carbonyl (C=O) groups is 1. The van der Waals surface area contributed by atoms with Crippen molar-refractivity contribution in [2.75, 3.05) is 27.4 Å². The third-order valence-electron chi connectivity index (χ3n) is 2.76. The fourth-order valence-electron chi connectivity index (χ4n) is 1.81. The molecule has 0 saturated heterocycles. The largest absolute Gasteiger partial charge is 0.484 e. The van der Waals surface area contributed by atoms with Crippen LogP contribution in [0, 0.1) is 0 Å². The number of amides is 1. The molecule has 8 heteroatoms. The van der Waals surface area contributed by atoms with Gasteiger partial charge in [0.2, 0.25) is 0 Å². The number of benzene rings is 1. The molecule has 23 heavy (non-hydrogen) atoms. The Hall–Kier alpha value is -1.55. The van der Waals surface area contributed by atoms with Gasteiger partial charge in [0.15, 0.2) is 12.6 Å². The smallest absolute Gasteiger partial charge is 0.255 e. The molecule has 0 heterocycles. The van der Waals surface area contributed by atoms with Crippen LogP contribution >= 0.6 is 24.0 Å². The zero-order valence-electron chi connectivity index (χ0n) is 13.7. The number of rotatable bonds is 8. The molecule has 1 atom stereocenters. The van der Waals surface area contributed by atoms with E-state index in [-0.39, 0.29) is 36.6 Å². The van der Waals surface area contributed by atoms with Gasteiger partial charge in [-0.15, -0.1) is 24.0 Å². The van der Waals surface area contributed by atoms with E-state index in [1.807, 2.05) is 25.1 Å². The van der Waals surface area contributed by atoms with Gasteiger partial charge in [0.25, 0.3) is 5.91 Å². The molecular formula is C15H25IN4O3. The van der Waals surface area contributed by atoms with Crippen LogP contribution in [0.5, 0.6) is 5.75 Å². The summed E-state index contributed by atoms with van der Waals surface area (Å²) in [5.41, 5.74) is 6.06. The van der Waals surface area contributed by atoms with E-state index in [2.05, 4.69) is 15.6 Å². The maximum Gasteiger partial charge on any atom is 0.255 e. The summed E-state index contributed by atoms with van der Waals surface area (Å²) < 4.78 is 10.3. The molecule has 1 unspecified atom stereocenters. The molecule has 1 aromatic rings. The molecule has 0 aliphatic heterocycles. The van der Waals surface area contributed by atoms with Crippen molar-refractivity contribution in [3.63, 3.8) is 0 Å². The van der Waals surface area contributed by atoms with Crippen molar-refractivity contribution in [1.29, 1.82) is 0 Å². The van der Waals surface area contributed by atoms with Crippen molar-refractivity contribution in [1.82, 2.24) is 10.6 Å². The molecule has 0 aromatic heterocycles. The molecule has 0 aliphatic carbocycles. The fourth-order valence-corrected chi connectivity index (χ4v) is 1.81. The fraction of sp³-hybridized carbons (Fsp3) is 0.467. The maximum absolute atomic E-state index is 10.7. The first-order valence-electron chi connectivity index (χ1n) is 7.01. The van der Waals surface area contributed by atoms with E-state index < -0.39 is 5.91 Å². The van der Waals surface area contributed by atoms with Crippen molar-refractivity contribution in [2.45, 2.75) is 19.5 Å². The van der Waals surface area contributed by atoms with Crippen LogP contribution in [-0.4, -0.2) is 45.3 Å². The Labute approximate surface area is 154 Å². The number of ether oxygens (including phenoxy) is 2. The van der Waals surface area contributed by atoms with E-state index in [4.69, 9.17) is 15.2 Å². The number of carbonyl (C=O) groups excluding carboxylic acids is 1. The lowest BCUT2D eigenvalue weighted by Gasteiger charge is -2.17. The second kappa shape index (κ2) is 11.9. The van der Waals surface area contributed by atoms with E-state index >= 15 is 0 Å². The number of halogens is 1. The molecule has 1 aromatic carbocycles. The molecule has 0 fully saturated rings. The molecule has 130 valence electrons. The first-order chi connectivity index (χ1) is 10.5. The van der Waals surface area contributed by atoms with Crippen molar-refractivity contribution in [3.05, 3.63) is 29.8 Å².